The van der Waals surface area contributed by atoms with Gasteiger partial charge >= 0.3 is 0 Å². The molecule has 2 heterocycles. The van der Waals surface area contributed by atoms with Crippen molar-refractivity contribution in [2.75, 3.05) is 18.0 Å². The molecular formula is C13H20N4OS. The van der Waals surface area contributed by atoms with Crippen molar-refractivity contribution in [1.82, 2.24) is 10.3 Å². The van der Waals surface area contributed by atoms with E-state index in [0.29, 0.717) is 6.54 Å². The van der Waals surface area contributed by atoms with Crippen molar-refractivity contribution in [2.24, 2.45) is 5.73 Å². The molecule has 6 heteroatoms. The van der Waals surface area contributed by atoms with Crippen molar-refractivity contribution in [3.05, 3.63) is 10.6 Å². The third kappa shape index (κ3) is 2.03. The summed E-state index contributed by atoms with van der Waals surface area (Å²) < 4.78 is 0. The quantitative estimate of drug-likeness (QED) is 0.811. The van der Waals surface area contributed by atoms with E-state index in [-0.39, 0.29) is 11.9 Å². The molecule has 1 aromatic heterocycles. The first-order chi connectivity index (χ1) is 9.00. The standard InChI is InChI=1S/C13H20N4OS/c1-13(2)11(18)15-6-7-17(13)12-16-9-5-3-4-8(14)10(9)19-12/h8H,3-7,14H2,1-2H3,(H,15,18). The highest BCUT2D eigenvalue weighted by Crippen LogP contribution is 2.38. The predicted molar refractivity (Wildman–Crippen MR) is 76.4 cm³/mol. The summed E-state index contributed by atoms with van der Waals surface area (Å²) in [5.74, 6) is 0.0659. The van der Waals surface area contributed by atoms with Gasteiger partial charge in [0, 0.05) is 24.0 Å². The van der Waals surface area contributed by atoms with Gasteiger partial charge in [-0.05, 0) is 33.1 Å². The van der Waals surface area contributed by atoms with Crippen molar-refractivity contribution >= 4 is 22.4 Å². The molecular weight excluding hydrogens is 260 g/mol. The molecule has 0 bridgehead atoms. The number of hydrogen-bond donors (Lipinski definition) is 2. The highest BCUT2D eigenvalue weighted by atomic mass is 32.1. The van der Waals surface area contributed by atoms with Crippen molar-refractivity contribution < 1.29 is 4.79 Å². The van der Waals surface area contributed by atoms with Gasteiger partial charge < -0.3 is 16.0 Å². The summed E-state index contributed by atoms with van der Waals surface area (Å²) in [4.78, 5) is 20.1. The zero-order chi connectivity index (χ0) is 13.6. The second-order valence-corrected chi connectivity index (χ2v) is 6.78. The number of nitrogens with two attached hydrogens (primary N) is 1. The lowest BCUT2D eigenvalue weighted by Gasteiger charge is -2.41. The molecule has 1 amide bonds. The highest BCUT2D eigenvalue weighted by molar-refractivity contribution is 7.15. The molecule has 3 rings (SSSR count). The maximum absolute atomic E-state index is 12.0. The second-order valence-electron chi connectivity index (χ2n) is 5.77. The molecule has 0 aromatic carbocycles. The van der Waals surface area contributed by atoms with Crippen molar-refractivity contribution in [3.63, 3.8) is 0 Å². The Morgan fingerprint density at radius 3 is 3.05 bits per heavy atom. The molecule has 1 aliphatic carbocycles. The molecule has 1 aromatic rings. The largest absolute Gasteiger partial charge is 0.352 e. The Labute approximate surface area is 117 Å². The van der Waals surface area contributed by atoms with Crippen LogP contribution in [0, 0.1) is 0 Å². The molecule has 0 saturated carbocycles. The number of fused-ring (bicyclic) bond motifs is 1. The first kappa shape index (κ1) is 12.9. The fourth-order valence-corrected chi connectivity index (χ4v) is 4.11. The molecule has 2 aliphatic rings. The number of carbonyl (C=O) groups is 1. The number of aryl methyl sites for hydroxylation is 1. The van der Waals surface area contributed by atoms with E-state index >= 15 is 0 Å². The molecule has 5 nitrogen and oxygen atoms in total. The topological polar surface area (TPSA) is 71.2 Å². The third-order valence-electron chi connectivity index (χ3n) is 4.06. The van der Waals surface area contributed by atoms with E-state index in [1.54, 1.807) is 11.3 Å². The van der Waals surface area contributed by atoms with Crippen molar-refractivity contribution in [2.45, 2.75) is 44.7 Å². The molecule has 19 heavy (non-hydrogen) atoms. The number of rotatable bonds is 1. The Hall–Kier alpha value is -1.14. The summed E-state index contributed by atoms with van der Waals surface area (Å²) in [5, 5.41) is 3.86. The van der Waals surface area contributed by atoms with Gasteiger partial charge in [0.25, 0.3) is 0 Å². The number of nitrogens with zero attached hydrogens (tertiary/aromatic N) is 2. The summed E-state index contributed by atoms with van der Waals surface area (Å²) >= 11 is 1.66. The number of amides is 1. The Morgan fingerprint density at radius 2 is 2.32 bits per heavy atom. The molecule has 1 fully saturated rings. The first-order valence-corrected chi connectivity index (χ1v) is 7.63. The Morgan fingerprint density at radius 1 is 1.53 bits per heavy atom. The van der Waals surface area contributed by atoms with Crippen molar-refractivity contribution in [1.29, 1.82) is 0 Å². The Kier molecular flexibility index (Phi) is 3.02. The molecule has 1 atom stereocenters. The smallest absolute Gasteiger partial charge is 0.245 e. The minimum atomic E-state index is -0.539. The van der Waals surface area contributed by atoms with Crippen LogP contribution in [0.4, 0.5) is 5.13 Å². The van der Waals surface area contributed by atoms with Gasteiger partial charge in [-0.15, -0.1) is 0 Å². The van der Waals surface area contributed by atoms with Gasteiger partial charge in [0.05, 0.1) is 5.69 Å². The lowest BCUT2D eigenvalue weighted by atomic mass is 9.99. The molecule has 1 saturated heterocycles. The summed E-state index contributed by atoms with van der Waals surface area (Å²) in [6.07, 6.45) is 3.17. The second kappa shape index (κ2) is 4.45. The number of hydrogen-bond acceptors (Lipinski definition) is 5. The number of anilines is 1. The highest BCUT2D eigenvalue weighted by Gasteiger charge is 2.39. The van der Waals surface area contributed by atoms with E-state index in [0.717, 1.165) is 36.6 Å². The first-order valence-electron chi connectivity index (χ1n) is 6.81. The molecule has 0 radical (unpaired) electrons. The van der Waals surface area contributed by atoms with E-state index in [1.165, 1.54) is 4.88 Å². The van der Waals surface area contributed by atoms with Crippen LogP contribution < -0.4 is 16.0 Å². The van der Waals surface area contributed by atoms with E-state index in [2.05, 4.69) is 10.2 Å². The van der Waals surface area contributed by atoms with Gasteiger partial charge in [0.2, 0.25) is 5.91 Å². The van der Waals surface area contributed by atoms with E-state index < -0.39 is 5.54 Å². The fraction of sp³-hybridized carbons (Fsp3) is 0.692. The van der Waals surface area contributed by atoms with Crippen LogP contribution >= 0.6 is 11.3 Å². The summed E-state index contributed by atoms with van der Waals surface area (Å²) in [6.45, 7) is 5.38. The fourth-order valence-electron chi connectivity index (χ4n) is 2.79. The number of aromatic nitrogens is 1. The van der Waals surface area contributed by atoms with Crippen LogP contribution in [-0.2, 0) is 11.2 Å². The Bertz CT molecular complexity index is 511. The third-order valence-corrected chi connectivity index (χ3v) is 5.32. The van der Waals surface area contributed by atoms with Gasteiger partial charge in [-0.25, -0.2) is 4.98 Å². The van der Waals surface area contributed by atoms with Crippen LogP contribution in [0.3, 0.4) is 0 Å². The van der Waals surface area contributed by atoms with Crippen LogP contribution in [0.25, 0.3) is 0 Å². The van der Waals surface area contributed by atoms with Gasteiger partial charge in [-0.2, -0.15) is 0 Å². The predicted octanol–water partition coefficient (Wildman–Crippen LogP) is 1.19. The van der Waals surface area contributed by atoms with Crippen LogP contribution in [0.2, 0.25) is 0 Å². The van der Waals surface area contributed by atoms with Gasteiger partial charge in [-0.3, -0.25) is 4.79 Å². The number of piperazine rings is 1. The molecule has 104 valence electrons. The maximum atomic E-state index is 12.0. The normalized spacial score (nSPS) is 25.9. The monoisotopic (exact) mass is 280 g/mol. The van der Waals surface area contributed by atoms with E-state index in [1.807, 2.05) is 13.8 Å². The number of nitrogens with one attached hydrogen (secondary N) is 1. The van der Waals surface area contributed by atoms with Crippen LogP contribution in [0.15, 0.2) is 0 Å². The van der Waals surface area contributed by atoms with Gasteiger partial charge in [0.1, 0.15) is 5.54 Å². The van der Waals surface area contributed by atoms with Gasteiger partial charge in [0.15, 0.2) is 5.13 Å². The van der Waals surface area contributed by atoms with Crippen LogP contribution in [-0.4, -0.2) is 29.5 Å². The minimum absolute atomic E-state index is 0.0659. The molecule has 1 unspecified atom stereocenters. The SMILES string of the molecule is CC1(C)C(=O)NCCN1c1nc2c(s1)C(N)CCC2. The van der Waals surface area contributed by atoms with Crippen LogP contribution in [0.5, 0.6) is 0 Å². The Balaban J connectivity index is 1.96. The minimum Gasteiger partial charge on any atom is -0.352 e. The summed E-state index contributed by atoms with van der Waals surface area (Å²) in [5.41, 5.74) is 6.76. The summed E-state index contributed by atoms with van der Waals surface area (Å²) in [7, 11) is 0. The molecule has 3 N–H and O–H groups in total. The van der Waals surface area contributed by atoms with E-state index in [9.17, 15) is 4.79 Å². The van der Waals surface area contributed by atoms with E-state index in [4.69, 9.17) is 10.7 Å². The number of carbonyl (C=O) groups excluding carboxylic acids is 1. The zero-order valence-corrected chi connectivity index (χ0v) is 12.2. The van der Waals surface area contributed by atoms with Crippen LogP contribution in [0.1, 0.15) is 43.3 Å². The summed E-state index contributed by atoms with van der Waals surface area (Å²) in [6, 6.07) is 0.122. The molecule has 0 spiro atoms. The lowest BCUT2D eigenvalue weighted by molar-refractivity contribution is -0.126. The lowest BCUT2D eigenvalue weighted by Crippen LogP contribution is -2.62. The maximum Gasteiger partial charge on any atom is 0.245 e. The number of thiazole rings is 1. The average molecular weight is 280 g/mol. The zero-order valence-electron chi connectivity index (χ0n) is 11.4. The average Bonchev–Trinajstić information content (AvgIpc) is 2.77. The van der Waals surface area contributed by atoms with Gasteiger partial charge in [-0.1, -0.05) is 11.3 Å². The molecule has 1 aliphatic heterocycles. The van der Waals surface area contributed by atoms with Crippen molar-refractivity contribution in [3.8, 4) is 0 Å².